The van der Waals surface area contributed by atoms with E-state index in [1.807, 2.05) is 0 Å². The van der Waals surface area contributed by atoms with E-state index < -0.39 is 6.04 Å². The number of carbonyl (C=O) groups excluding carboxylic acids is 1. The normalized spacial score (nSPS) is 11.5. The molecule has 0 aromatic rings. The fraction of sp³-hybridized carbons (Fsp3) is 0.500. The smallest absolute Gasteiger partial charge is 0.208 e. The summed E-state index contributed by atoms with van der Waals surface area (Å²) in [5.41, 5.74) is 5.03. The number of nitrogens with two attached hydrogens (primary N) is 1. The van der Waals surface area contributed by atoms with E-state index in [2.05, 4.69) is 5.32 Å². The van der Waals surface area contributed by atoms with Gasteiger partial charge in [0.1, 0.15) is 6.04 Å². The minimum atomic E-state index is -0.535. The van der Waals surface area contributed by atoms with Crippen LogP contribution in [0.5, 0.6) is 0 Å². The Hall–Kier alpha value is -1.08. The zero-order valence-corrected chi connectivity index (χ0v) is 4.29. The number of hydrogen-bond donors (Lipinski definition) is 2. The highest BCUT2D eigenvalue weighted by molar-refractivity contribution is 5.47. The summed E-state index contributed by atoms with van der Waals surface area (Å²) in [6.45, 7) is 0.162. The minimum absolute atomic E-state index is 0.162. The Bertz CT molecular complexity index is 106. The van der Waals surface area contributed by atoms with Gasteiger partial charge in [-0.05, 0) is 0 Å². The lowest BCUT2D eigenvalue weighted by Gasteiger charge is -1.99. The van der Waals surface area contributed by atoms with Crippen LogP contribution in [0.2, 0.25) is 0 Å². The third-order valence-corrected chi connectivity index (χ3v) is 0.661. The van der Waals surface area contributed by atoms with Gasteiger partial charge in [-0.15, -0.1) is 0 Å². The minimum Gasteiger partial charge on any atom is -0.342 e. The molecule has 0 bridgehead atoms. The van der Waals surface area contributed by atoms with E-state index in [1.54, 1.807) is 6.07 Å². The van der Waals surface area contributed by atoms with Gasteiger partial charge in [-0.25, -0.2) is 0 Å². The highest BCUT2D eigenvalue weighted by Gasteiger charge is 1.97. The van der Waals surface area contributed by atoms with Crippen LogP contribution in [-0.2, 0) is 4.79 Å². The number of amides is 1. The lowest BCUT2D eigenvalue weighted by atomic mass is 10.3. The second kappa shape index (κ2) is 4.09. The van der Waals surface area contributed by atoms with Crippen molar-refractivity contribution in [3.63, 3.8) is 0 Å². The molecule has 4 nitrogen and oxygen atoms in total. The lowest BCUT2D eigenvalue weighted by molar-refractivity contribution is -0.109. The maximum absolute atomic E-state index is 9.62. The molecule has 0 rings (SSSR count). The van der Waals surface area contributed by atoms with E-state index in [0.717, 1.165) is 0 Å². The molecule has 0 aliphatic rings. The van der Waals surface area contributed by atoms with Gasteiger partial charge in [0.25, 0.3) is 0 Å². The van der Waals surface area contributed by atoms with E-state index in [4.69, 9.17) is 11.0 Å². The van der Waals surface area contributed by atoms with Crippen molar-refractivity contribution in [1.29, 1.82) is 5.26 Å². The average Bonchev–Trinajstić information content (AvgIpc) is 1.83. The van der Waals surface area contributed by atoms with Gasteiger partial charge >= 0.3 is 0 Å². The molecule has 0 saturated heterocycles. The zero-order chi connectivity index (χ0) is 6.41. The summed E-state index contributed by atoms with van der Waals surface area (Å²) in [6, 6.07) is 1.25. The molecule has 0 aromatic carbocycles. The number of rotatable bonds is 3. The second-order valence-electron chi connectivity index (χ2n) is 1.20. The largest absolute Gasteiger partial charge is 0.342 e. The first-order valence-corrected chi connectivity index (χ1v) is 2.14. The van der Waals surface area contributed by atoms with Crippen LogP contribution in [0, 0.1) is 11.3 Å². The van der Waals surface area contributed by atoms with Crippen LogP contribution in [0.3, 0.4) is 0 Å². The number of nitrogens with one attached hydrogen (secondary N) is 1. The van der Waals surface area contributed by atoms with E-state index in [-0.39, 0.29) is 6.54 Å². The van der Waals surface area contributed by atoms with Gasteiger partial charge < -0.3 is 11.1 Å². The lowest BCUT2D eigenvalue weighted by Crippen LogP contribution is -2.33. The van der Waals surface area contributed by atoms with Gasteiger partial charge in [0.05, 0.1) is 6.07 Å². The molecule has 3 N–H and O–H groups in total. The van der Waals surface area contributed by atoms with Gasteiger partial charge in [-0.2, -0.15) is 5.26 Å². The number of nitriles is 1. The summed E-state index contributed by atoms with van der Waals surface area (Å²) in [6.07, 6.45) is 0.459. The van der Waals surface area contributed by atoms with Gasteiger partial charge in [0.15, 0.2) is 0 Å². The zero-order valence-electron chi connectivity index (χ0n) is 4.29. The first kappa shape index (κ1) is 6.92. The maximum Gasteiger partial charge on any atom is 0.208 e. The third kappa shape index (κ3) is 2.16. The van der Waals surface area contributed by atoms with Crippen molar-refractivity contribution >= 4 is 6.41 Å². The summed E-state index contributed by atoms with van der Waals surface area (Å²) in [4.78, 5) is 9.62. The summed E-state index contributed by atoms with van der Waals surface area (Å²) < 4.78 is 0. The summed E-state index contributed by atoms with van der Waals surface area (Å²) in [7, 11) is 0. The Balaban J connectivity index is 3.40. The SMILES string of the molecule is N#CC(CN)NC=O. The van der Waals surface area contributed by atoms with Crippen LogP contribution in [0.15, 0.2) is 0 Å². The molecule has 0 radical (unpaired) electrons. The van der Waals surface area contributed by atoms with Crippen molar-refractivity contribution in [3.05, 3.63) is 0 Å². The first-order valence-electron chi connectivity index (χ1n) is 2.14. The number of carbonyl (C=O) groups is 1. The summed E-state index contributed by atoms with van der Waals surface area (Å²) >= 11 is 0. The van der Waals surface area contributed by atoms with Gasteiger partial charge in [-0.3, -0.25) is 4.79 Å². The predicted octanol–water partition coefficient (Wildman–Crippen LogP) is -1.42. The molecule has 1 amide bonds. The Kier molecular flexibility index (Phi) is 3.54. The fourth-order valence-electron chi connectivity index (χ4n) is 0.240. The molecule has 8 heavy (non-hydrogen) atoms. The second-order valence-corrected chi connectivity index (χ2v) is 1.20. The number of nitrogens with zero attached hydrogens (tertiary/aromatic N) is 1. The van der Waals surface area contributed by atoms with E-state index >= 15 is 0 Å². The van der Waals surface area contributed by atoms with Gasteiger partial charge in [-0.1, -0.05) is 0 Å². The predicted molar refractivity (Wildman–Crippen MR) is 27.7 cm³/mol. The van der Waals surface area contributed by atoms with E-state index in [0.29, 0.717) is 6.41 Å². The van der Waals surface area contributed by atoms with Crippen LogP contribution in [0.4, 0.5) is 0 Å². The van der Waals surface area contributed by atoms with Crippen LogP contribution in [-0.4, -0.2) is 19.0 Å². The monoisotopic (exact) mass is 113 g/mol. The molecule has 0 saturated carbocycles. The Morgan fingerprint density at radius 3 is 2.75 bits per heavy atom. The maximum atomic E-state index is 9.62. The average molecular weight is 113 g/mol. The molecule has 0 fully saturated rings. The van der Waals surface area contributed by atoms with Crippen molar-refractivity contribution in [1.82, 2.24) is 5.32 Å². The van der Waals surface area contributed by atoms with E-state index in [9.17, 15) is 4.79 Å². The van der Waals surface area contributed by atoms with Crippen molar-refractivity contribution in [2.75, 3.05) is 6.54 Å². The van der Waals surface area contributed by atoms with Crippen LogP contribution >= 0.6 is 0 Å². The van der Waals surface area contributed by atoms with Crippen molar-refractivity contribution in [2.45, 2.75) is 6.04 Å². The molecule has 44 valence electrons. The highest BCUT2D eigenvalue weighted by Crippen LogP contribution is 1.69. The van der Waals surface area contributed by atoms with Gasteiger partial charge in [0, 0.05) is 6.54 Å². The Morgan fingerprint density at radius 2 is 2.62 bits per heavy atom. The molecule has 4 heteroatoms. The molecule has 0 aromatic heterocycles. The van der Waals surface area contributed by atoms with Crippen molar-refractivity contribution in [3.8, 4) is 6.07 Å². The Labute approximate surface area is 47.3 Å². The van der Waals surface area contributed by atoms with Crippen LogP contribution < -0.4 is 11.1 Å². The molecule has 1 unspecified atom stereocenters. The Morgan fingerprint density at radius 1 is 2.00 bits per heavy atom. The summed E-state index contributed by atoms with van der Waals surface area (Å²) in [5.74, 6) is 0. The molecule has 0 aliphatic carbocycles. The third-order valence-electron chi connectivity index (χ3n) is 0.661. The molecule has 0 heterocycles. The molecule has 0 aliphatic heterocycles. The van der Waals surface area contributed by atoms with Gasteiger partial charge in [0.2, 0.25) is 6.41 Å². The van der Waals surface area contributed by atoms with Crippen LogP contribution in [0.25, 0.3) is 0 Å². The molecule has 1 atom stereocenters. The topological polar surface area (TPSA) is 78.9 Å². The molecular formula is C4H7N3O. The molecule has 0 spiro atoms. The van der Waals surface area contributed by atoms with Crippen molar-refractivity contribution < 1.29 is 4.79 Å². The first-order chi connectivity index (χ1) is 3.85. The summed E-state index contributed by atoms with van der Waals surface area (Å²) in [5, 5.41) is 10.3. The number of hydrogen-bond acceptors (Lipinski definition) is 3. The standard InChI is InChI=1S/C4H7N3O/c5-1-4(2-6)7-3-8/h3-4H,1,5H2,(H,7,8). The van der Waals surface area contributed by atoms with E-state index in [1.165, 1.54) is 0 Å². The van der Waals surface area contributed by atoms with Crippen molar-refractivity contribution in [2.24, 2.45) is 5.73 Å². The van der Waals surface area contributed by atoms with Crippen LogP contribution in [0.1, 0.15) is 0 Å². The highest BCUT2D eigenvalue weighted by atomic mass is 16.1. The molecular weight excluding hydrogens is 106 g/mol. The quantitative estimate of drug-likeness (QED) is 0.441. The fourth-order valence-corrected chi connectivity index (χ4v) is 0.240.